The van der Waals surface area contributed by atoms with Gasteiger partial charge in [0.2, 0.25) is 5.91 Å². The van der Waals surface area contributed by atoms with Crippen LogP contribution in [0.15, 0.2) is 24.3 Å². The highest BCUT2D eigenvalue weighted by Gasteiger charge is 2.13. The minimum Gasteiger partial charge on any atom is -0.362 e. The van der Waals surface area contributed by atoms with Crippen molar-refractivity contribution in [1.82, 2.24) is 4.90 Å². The van der Waals surface area contributed by atoms with Gasteiger partial charge in [0, 0.05) is 25.8 Å². The molecule has 0 aliphatic heterocycles. The van der Waals surface area contributed by atoms with Crippen LogP contribution in [0, 0.1) is 5.82 Å². The Morgan fingerprint density at radius 2 is 1.95 bits per heavy atom. The number of amides is 1. The second-order valence-corrected chi connectivity index (χ2v) is 4.45. The van der Waals surface area contributed by atoms with Gasteiger partial charge in [0.05, 0.1) is 6.54 Å². The molecule has 4 nitrogen and oxygen atoms in total. The molecule has 0 bridgehead atoms. The molecular weight excluding hydrogens is 245 g/mol. The van der Waals surface area contributed by atoms with Gasteiger partial charge in [-0.15, -0.1) is 0 Å². The van der Waals surface area contributed by atoms with E-state index in [1.54, 1.807) is 24.1 Å². The summed E-state index contributed by atoms with van der Waals surface area (Å²) in [6.07, 6.45) is 0.792. The Kier molecular flexibility index (Phi) is 6.29. The lowest BCUT2D eigenvalue weighted by Gasteiger charge is -2.26. The number of nitrogens with two attached hydrogens (primary N) is 1. The first-order chi connectivity index (χ1) is 9.08. The third-order valence-electron chi connectivity index (χ3n) is 3.05. The number of carbonyl (C=O) groups excluding carboxylic acids is 1. The van der Waals surface area contributed by atoms with Gasteiger partial charge in [-0.05, 0) is 44.2 Å². The summed E-state index contributed by atoms with van der Waals surface area (Å²) in [5, 5.41) is 0. The molecule has 106 valence electrons. The molecular formula is C14H22FN3O. The Morgan fingerprint density at radius 3 is 2.47 bits per heavy atom. The molecule has 1 rings (SSSR count). The number of hydrogen-bond donors (Lipinski definition) is 1. The molecule has 0 atom stereocenters. The fourth-order valence-electron chi connectivity index (χ4n) is 1.69. The maximum Gasteiger partial charge on any atom is 0.241 e. The van der Waals surface area contributed by atoms with Crippen molar-refractivity contribution >= 4 is 11.6 Å². The summed E-state index contributed by atoms with van der Waals surface area (Å²) in [5.41, 5.74) is 6.35. The predicted octanol–water partition coefficient (Wildman–Crippen LogP) is 1.46. The normalized spacial score (nSPS) is 10.3. The molecule has 0 aromatic heterocycles. The minimum absolute atomic E-state index is 0.0452. The number of nitrogens with zero attached hydrogens (tertiary/aromatic N) is 2. The van der Waals surface area contributed by atoms with E-state index >= 15 is 0 Å². The fourth-order valence-corrected chi connectivity index (χ4v) is 1.69. The highest BCUT2D eigenvalue weighted by molar-refractivity contribution is 5.81. The molecule has 0 unspecified atom stereocenters. The fraction of sp³-hybridized carbons (Fsp3) is 0.500. The van der Waals surface area contributed by atoms with E-state index in [4.69, 9.17) is 5.73 Å². The standard InChI is InChI=1S/C14H22FN3O/c1-3-17(2)14(19)11-18(10-4-9-16)13-7-5-12(15)6-8-13/h5-8H,3-4,9-11,16H2,1-2H3. The second kappa shape index (κ2) is 7.74. The molecule has 1 amide bonds. The van der Waals surface area contributed by atoms with E-state index in [0.717, 1.165) is 12.1 Å². The van der Waals surface area contributed by atoms with Crippen molar-refractivity contribution in [3.8, 4) is 0 Å². The van der Waals surface area contributed by atoms with Crippen molar-refractivity contribution in [2.75, 3.05) is 38.1 Å². The van der Waals surface area contributed by atoms with E-state index < -0.39 is 0 Å². The largest absolute Gasteiger partial charge is 0.362 e. The van der Waals surface area contributed by atoms with Gasteiger partial charge < -0.3 is 15.5 Å². The average molecular weight is 267 g/mol. The summed E-state index contributed by atoms with van der Waals surface area (Å²) >= 11 is 0. The van der Waals surface area contributed by atoms with E-state index in [2.05, 4.69) is 0 Å². The molecule has 0 fully saturated rings. The quantitative estimate of drug-likeness (QED) is 0.813. The maximum absolute atomic E-state index is 12.9. The smallest absolute Gasteiger partial charge is 0.241 e. The van der Waals surface area contributed by atoms with Gasteiger partial charge in [0.15, 0.2) is 0 Å². The van der Waals surface area contributed by atoms with Crippen molar-refractivity contribution in [2.24, 2.45) is 5.73 Å². The molecule has 2 N–H and O–H groups in total. The number of likely N-dealkylation sites (N-methyl/N-ethyl adjacent to an activating group) is 1. The van der Waals surface area contributed by atoms with Crippen LogP contribution in [0.1, 0.15) is 13.3 Å². The summed E-state index contributed by atoms with van der Waals surface area (Å²) in [5.74, 6) is -0.233. The number of anilines is 1. The van der Waals surface area contributed by atoms with Crippen LogP contribution in [-0.2, 0) is 4.79 Å². The number of hydrogen-bond acceptors (Lipinski definition) is 3. The summed E-state index contributed by atoms with van der Waals surface area (Å²) in [6.45, 7) is 4.14. The van der Waals surface area contributed by atoms with Crippen molar-refractivity contribution in [3.63, 3.8) is 0 Å². The zero-order chi connectivity index (χ0) is 14.3. The number of rotatable bonds is 7. The number of halogens is 1. The summed E-state index contributed by atoms with van der Waals surface area (Å²) in [7, 11) is 1.77. The van der Waals surface area contributed by atoms with Gasteiger partial charge in [-0.1, -0.05) is 0 Å². The molecule has 0 aliphatic rings. The lowest BCUT2D eigenvalue weighted by Crippen LogP contribution is -2.39. The molecule has 5 heteroatoms. The van der Waals surface area contributed by atoms with Crippen molar-refractivity contribution in [2.45, 2.75) is 13.3 Å². The van der Waals surface area contributed by atoms with E-state index in [0.29, 0.717) is 19.6 Å². The molecule has 0 aliphatic carbocycles. The molecule has 0 saturated heterocycles. The molecule has 19 heavy (non-hydrogen) atoms. The van der Waals surface area contributed by atoms with Crippen molar-refractivity contribution in [1.29, 1.82) is 0 Å². The first kappa shape index (κ1) is 15.4. The predicted molar refractivity (Wildman–Crippen MR) is 75.6 cm³/mol. The van der Waals surface area contributed by atoms with Crippen LogP contribution < -0.4 is 10.6 Å². The van der Waals surface area contributed by atoms with Crippen LogP contribution in [0.4, 0.5) is 10.1 Å². The Bertz CT molecular complexity index is 394. The van der Waals surface area contributed by atoms with Gasteiger partial charge in [-0.25, -0.2) is 4.39 Å². The lowest BCUT2D eigenvalue weighted by molar-refractivity contribution is -0.128. The van der Waals surface area contributed by atoms with Crippen molar-refractivity contribution < 1.29 is 9.18 Å². The molecule has 0 saturated carbocycles. The number of benzene rings is 1. The van der Waals surface area contributed by atoms with Gasteiger partial charge in [-0.3, -0.25) is 4.79 Å². The Morgan fingerprint density at radius 1 is 1.32 bits per heavy atom. The SMILES string of the molecule is CCN(C)C(=O)CN(CCCN)c1ccc(F)cc1. The summed E-state index contributed by atoms with van der Waals surface area (Å²) in [4.78, 5) is 15.6. The first-order valence-electron chi connectivity index (χ1n) is 6.53. The van der Waals surface area contributed by atoms with E-state index in [1.807, 2.05) is 11.8 Å². The monoisotopic (exact) mass is 267 g/mol. The Labute approximate surface area is 114 Å². The summed E-state index contributed by atoms with van der Waals surface area (Å²) < 4.78 is 12.9. The number of carbonyl (C=O) groups is 1. The zero-order valence-electron chi connectivity index (χ0n) is 11.6. The maximum atomic E-state index is 12.9. The Balaban J connectivity index is 2.76. The Hall–Kier alpha value is -1.62. The lowest BCUT2D eigenvalue weighted by atomic mass is 10.2. The third kappa shape index (κ3) is 4.87. The molecule has 0 heterocycles. The van der Waals surface area contributed by atoms with Crippen LogP contribution in [0.5, 0.6) is 0 Å². The second-order valence-electron chi connectivity index (χ2n) is 4.45. The van der Waals surface area contributed by atoms with Crippen LogP contribution in [0.2, 0.25) is 0 Å². The van der Waals surface area contributed by atoms with Crippen LogP contribution in [0.3, 0.4) is 0 Å². The zero-order valence-corrected chi connectivity index (χ0v) is 11.6. The molecule has 0 radical (unpaired) electrons. The minimum atomic E-state index is -0.278. The van der Waals surface area contributed by atoms with Crippen LogP contribution in [0.25, 0.3) is 0 Å². The van der Waals surface area contributed by atoms with Gasteiger partial charge in [0.25, 0.3) is 0 Å². The first-order valence-corrected chi connectivity index (χ1v) is 6.53. The average Bonchev–Trinajstić information content (AvgIpc) is 2.43. The van der Waals surface area contributed by atoms with E-state index in [-0.39, 0.29) is 18.3 Å². The molecule has 1 aromatic carbocycles. The third-order valence-corrected chi connectivity index (χ3v) is 3.05. The molecule has 1 aromatic rings. The summed E-state index contributed by atoms with van der Waals surface area (Å²) in [6, 6.07) is 6.17. The highest BCUT2D eigenvalue weighted by Crippen LogP contribution is 2.15. The van der Waals surface area contributed by atoms with Gasteiger partial charge in [0.1, 0.15) is 5.82 Å². The highest BCUT2D eigenvalue weighted by atomic mass is 19.1. The molecule has 0 spiro atoms. The van der Waals surface area contributed by atoms with Crippen LogP contribution in [-0.4, -0.2) is 44.0 Å². The topological polar surface area (TPSA) is 49.6 Å². The van der Waals surface area contributed by atoms with Crippen LogP contribution >= 0.6 is 0 Å². The van der Waals surface area contributed by atoms with Gasteiger partial charge >= 0.3 is 0 Å². The van der Waals surface area contributed by atoms with Crippen molar-refractivity contribution in [3.05, 3.63) is 30.1 Å². The van der Waals surface area contributed by atoms with E-state index in [1.165, 1.54) is 12.1 Å². The van der Waals surface area contributed by atoms with Gasteiger partial charge in [-0.2, -0.15) is 0 Å². The van der Waals surface area contributed by atoms with E-state index in [9.17, 15) is 9.18 Å².